The average Bonchev–Trinajstić information content (AvgIpc) is 3.09. The third-order valence-electron chi connectivity index (χ3n) is 3.02. The molecule has 0 bridgehead atoms. The normalized spacial score (nSPS) is 15.6. The van der Waals surface area contributed by atoms with Gasteiger partial charge in [0.2, 0.25) is 0 Å². The van der Waals surface area contributed by atoms with Gasteiger partial charge in [0.25, 0.3) is 0 Å². The van der Waals surface area contributed by atoms with E-state index in [-0.39, 0.29) is 17.3 Å². The van der Waals surface area contributed by atoms with E-state index < -0.39 is 17.7 Å². The molecule has 2 rings (SSSR count). The Morgan fingerprint density at radius 2 is 2.00 bits per heavy atom. The van der Waals surface area contributed by atoms with Crippen LogP contribution < -0.4 is 4.90 Å². The molecule has 1 aliphatic rings. The van der Waals surface area contributed by atoms with Gasteiger partial charge >= 0.3 is 12.1 Å². The van der Waals surface area contributed by atoms with Gasteiger partial charge in [-0.2, -0.15) is 13.2 Å². The van der Waals surface area contributed by atoms with Crippen molar-refractivity contribution in [2.45, 2.75) is 25.1 Å². The number of benzene rings is 1. The van der Waals surface area contributed by atoms with Gasteiger partial charge in [-0.05, 0) is 31.0 Å². The molecule has 18 heavy (non-hydrogen) atoms. The summed E-state index contributed by atoms with van der Waals surface area (Å²) in [4.78, 5) is 12.3. The number of halogens is 3. The zero-order valence-electron chi connectivity index (χ0n) is 9.66. The molecule has 1 aliphatic carbocycles. The van der Waals surface area contributed by atoms with Crippen molar-refractivity contribution < 1.29 is 23.1 Å². The smallest absolute Gasteiger partial charge is 0.418 e. The lowest BCUT2D eigenvalue weighted by Gasteiger charge is -2.23. The lowest BCUT2D eigenvalue weighted by molar-refractivity contribution is -0.137. The minimum Gasteiger partial charge on any atom is -0.478 e. The third kappa shape index (κ3) is 2.42. The summed E-state index contributed by atoms with van der Waals surface area (Å²) in [6.45, 7) is 0. The second-order valence-corrected chi connectivity index (χ2v) is 4.38. The molecular weight excluding hydrogens is 247 g/mol. The highest BCUT2D eigenvalue weighted by molar-refractivity contribution is 5.88. The number of alkyl halides is 3. The summed E-state index contributed by atoms with van der Waals surface area (Å²) < 4.78 is 38.7. The number of nitrogens with zero attached hydrogens (tertiary/aromatic N) is 1. The second kappa shape index (κ2) is 4.19. The predicted octanol–water partition coefficient (Wildman–Crippen LogP) is 3.00. The lowest BCUT2D eigenvalue weighted by atomic mass is 10.1. The molecule has 6 heteroatoms. The van der Waals surface area contributed by atoms with Crippen LogP contribution in [-0.4, -0.2) is 24.2 Å². The van der Waals surface area contributed by atoms with E-state index in [0.717, 1.165) is 12.8 Å². The van der Waals surface area contributed by atoms with E-state index in [9.17, 15) is 18.0 Å². The fourth-order valence-corrected chi connectivity index (χ4v) is 1.86. The van der Waals surface area contributed by atoms with Gasteiger partial charge in [0.1, 0.15) is 0 Å². The zero-order chi connectivity index (χ0) is 13.5. The summed E-state index contributed by atoms with van der Waals surface area (Å²) in [6, 6.07) is 3.24. The molecule has 1 saturated carbocycles. The van der Waals surface area contributed by atoms with E-state index in [1.165, 1.54) is 12.1 Å². The minimum atomic E-state index is -4.55. The van der Waals surface area contributed by atoms with Gasteiger partial charge in [0, 0.05) is 18.8 Å². The van der Waals surface area contributed by atoms with Gasteiger partial charge in [-0.25, -0.2) is 4.79 Å². The van der Waals surface area contributed by atoms with Crippen LogP contribution in [-0.2, 0) is 6.18 Å². The Morgan fingerprint density at radius 1 is 1.39 bits per heavy atom. The number of aromatic carboxylic acids is 1. The quantitative estimate of drug-likeness (QED) is 0.907. The molecule has 0 spiro atoms. The molecule has 0 atom stereocenters. The number of carboxylic acids is 1. The van der Waals surface area contributed by atoms with Crippen LogP contribution in [0.5, 0.6) is 0 Å². The van der Waals surface area contributed by atoms with Crippen molar-refractivity contribution in [1.82, 2.24) is 0 Å². The van der Waals surface area contributed by atoms with Crippen LogP contribution in [0.1, 0.15) is 28.8 Å². The Bertz CT molecular complexity index is 481. The number of hydrogen-bond acceptors (Lipinski definition) is 2. The molecule has 0 heterocycles. The van der Waals surface area contributed by atoms with Crippen molar-refractivity contribution in [1.29, 1.82) is 0 Å². The molecule has 0 aliphatic heterocycles. The van der Waals surface area contributed by atoms with E-state index in [2.05, 4.69) is 0 Å². The third-order valence-corrected chi connectivity index (χ3v) is 3.02. The number of carboxylic acid groups (broad SMARTS) is 1. The second-order valence-electron chi connectivity index (χ2n) is 4.38. The highest BCUT2D eigenvalue weighted by Crippen LogP contribution is 2.40. The molecule has 1 fully saturated rings. The Balaban J connectivity index is 2.48. The molecular formula is C12H12F3NO2. The van der Waals surface area contributed by atoms with Crippen LogP contribution in [0.3, 0.4) is 0 Å². The van der Waals surface area contributed by atoms with Crippen molar-refractivity contribution in [3.63, 3.8) is 0 Å². The molecule has 0 amide bonds. The maximum atomic E-state index is 12.9. The summed E-state index contributed by atoms with van der Waals surface area (Å²) in [7, 11) is 1.60. The Morgan fingerprint density at radius 3 is 2.44 bits per heavy atom. The van der Waals surface area contributed by atoms with Gasteiger partial charge in [-0.3, -0.25) is 0 Å². The first-order valence-electron chi connectivity index (χ1n) is 5.48. The van der Waals surface area contributed by atoms with Crippen LogP contribution in [0, 0.1) is 0 Å². The number of hydrogen-bond donors (Lipinski definition) is 1. The Kier molecular flexibility index (Phi) is 2.96. The molecule has 1 aromatic carbocycles. The molecule has 1 N–H and O–H groups in total. The van der Waals surface area contributed by atoms with Gasteiger partial charge < -0.3 is 10.0 Å². The molecule has 1 aromatic rings. The highest BCUT2D eigenvalue weighted by atomic mass is 19.4. The van der Waals surface area contributed by atoms with E-state index in [4.69, 9.17) is 5.11 Å². The Hall–Kier alpha value is -1.72. The molecule has 0 saturated heterocycles. The maximum absolute atomic E-state index is 12.9. The van der Waals surface area contributed by atoms with Gasteiger partial charge in [-0.1, -0.05) is 0 Å². The van der Waals surface area contributed by atoms with E-state index >= 15 is 0 Å². The molecule has 98 valence electrons. The maximum Gasteiger partial charge on any atom is 0.418 e. The summed E-state index contributed by atoms with van der Waals surface area (Å²) >= 11 is 0. The van der Waals surface area contributed by atoms with Gasteiger partial charge in [0.15, 0.2) is 0 Å². The number of carbonyl (C=O) groups is 1. The van der Waals surface area contributed by atoms with Crippen molar-refractivity contribution in [3.8, 4) is 0 Å². The van der Waals surface area contributed by atoms with Crippen LogP contribution in [0.4, 0.5) is 18.9 Å². The Labute approximate surface area is 102 Å². The molecule has 0 unspecified atom stereocenters. The lowest BCUT2D eigenvalue weighted by Crippen LogP contribution is -2.23. The topological polar surface area (TPSA) is 40.5 Å². The van der Waals surface area contributed by atoms with Crippen molar-refractivity contribution >= 4 is 11.7 Å². The molecule has 0 aromatic heterocycles. The fraction of sp³-hybridized carbons (Fsp3) is 0.417. The fourth-order valence-electron chi connectivity index (χ4n) is 1.86. The standard InChI is InChI=1S/C12H12F3NO2/c1-16(8-3-4-8)10-5-2-7(11(17)18)6-9(10)12(13,14)15/h2,5-6,8H,3-4H2,1H3,(H,17,18). The molecule has 0 radical (unpaired) electrons. The average molecular weight is 259 g/mol. The molecule has 3 nitrogen and oxygen atoms in total. The van der Waals surface area contributed by atoms with E-state index in [1.807, 2.05) is 0 Å². The van der Waals surface area contributed by atoms with E-state index in [0.29, 0.717) is 6.07 Å². The van der Waals surface area contributed by atoms with Crippen LogP contribution >= 0.6 is 0 Å². The first kappa shape index (κ1) is 12.7. The first-order chi connectivity index (χ1) is 8.30. The number of anilines is 1. The number of rotatable bonds is 3. The SMILES string of the molecule is CN(c1ccc(C(=O)O)cc1C(F)(F)F)C1CC1. The summed E-state index contributed by atoms with van der Waals surface area (Å²) in [5, 5.41) is 8.75. The van der Waals surface area contributed by atoms with Crippen molar-refractivity contribution in [3.05, 3.63) is 29.3 Å². The first-order valence-corrected chi connectivity index (χ1v) is 5.48. The zero-order valence-corrected chi connectivity index (χ0v) is 9.66. The largest absolute Gasteiger partial charge is 0.478 e. The van der Waals surface area contributed by atoms with Crippen molar-refractivity contribution in [2.75, 3.05) is 11.9 Å². The summed E-state index contributed by atoms with van der Waals surface area (Å²) in [5.74, 6) is -1.36. The predicted molar refractivity (Wildman–Crippen MR) is 59.8 cm³/mol. The van der Waals surface area contributed by atoms with Crippen LogP contribution in [0.25, 0.3) is 0 Å². The van der Waals surface area contributed by atoms with Crippen molar-refractivity contribution in [2.24, 2.45) is 0 Å². The van der Waals surface area contributed by atoms with Gasteiger partial charge in [0.05, 0.1) is 11.1 Å². The van der Waals surface area contributed by atoms with Crippen LogP contribution in [0.2, 0.25) is 0 Å². The van der Waals surface area contributed by atoms with Gasteiger partial charge in [-0.15, -0.1) is 0 Å². The minimum absolute atomic E-state index is 0.0370. The van der Waals surface area contributed by atoms with Crippen LogP contribution in [0.15, 0.2) is 18.2 Å². The summed E-state index contributed by atoms with van der Waals surface area (Å²) in [5.41, 5.74) is -1.21. The van der Waals surface area contributed by atoms with E-state index in [1.54, 1.807) is 11.9 Å². The summed E-state index contributed by atoms with van der Waals surface area (Å²) in [6.07, 6.45) is -2.81. The highest BCUT2D eigenvalue weighted by Gasteiger charge is 2.37. The monoisotopic (exact) mass is 259 g/mol.